The summed E-state index contributed by atoms with van der Waals surface area (Å²) < 4.78 is 34.8. The SMILES string of the molecule is CC(C)C(O)c1cc2nc(-c3cnn(C)c3)c(N3CCC(Oc4ccc(F)cc4F)CC3)nc2cn1. The van der Waals surface area contributed by atoms with Gasteiger partial charge in [-0.05, 0) is 24.1 Å². The molecule has 36 heavy (non-hydrogen) atoms. The molecule has 1 aliphatic heterocycles. The second kappa shape index (κ2) is 9.77. The van der Waals surface area contributed by atoms with E-state index in [2.05, 4.69) is 15.0 Å². The third-order valence-corrected chi connectivity index (χ3v) is 6.40. The van der Waals surface area contributed by atoms with Crippen molar-refractivity contribution in [3.63, 3.8) is 0 Å². The van der Waals surface area contributed by atoms with Gasteiger partial charge in [0.25, 0.3) is 0 Å². The fraction of sp³-hybridized carbons (Fsp3) is 0.385. The fourth-order valence-corrected chi connectivity index (χ4v) is 4.36. The van der Waals surface area contributed by atoms with Crippen LogP contribution in [-0.4, -0.2) is 49.0 Å². The predicted octanol–water partition coefficient (Wildman–Crippen LogP) is 4.44. The minimum absolute atomic E-state index is 0.0203. The van der Waals surface area contributed by atoms with Gasteiger partial charge in [-0.3, -0.25) is 9.67 Å². The molecule has 1 fully saturated rings. The molecule has 3 aromatic heterocycles. The van der Waals surface area contributed by atoms with E-state index >= 15 is 0 Å². The zero-order valence-corrected chi connectivity index (χ0v) is 20.4. The largest absolute Gasteiger partial charge is 0.487 e. The smallest absolute Gasteiger partial charge is 0.167 e. The highest BCUT2D eigenvalue weighted by molar-refractivity contribution is 5.83. The van der Waals surface area contributed by atoms with Crippen LogP contribution in [0.1, 0.15) is 38.5 Å². The van der Waals surface area contributed by atoms with Crippen molar-refractivity contribution < 1.29 is 18.6 Å². The van der Waals surface area contributed by atoms with Crippen LogP contribution in [0, 0.1) is 17.6 Å². The minimum Gasteiger partial charge on any atom is -0.487 e. The van der Waals surface area contributed by atoms with Gasteiger partial charge in [0.15, 0.2) is 17.4 Å². The molecule has 0 spiro atoms. The van der Waals surface area contributed by atoms with Crippen molar-refractivity contribution in [1.29, 1.82) is 0 Å². The van der Waals surface area contributed by atoms with Crippen LogP contribution in [0.15, 0.2) is 42.9 Å². The van der Waals surface area contributed by atoms with Gasteiger partial charge in [-0.1, -0.05) is 13.8 Å². The predicted molar refractivity (Wildman–Crippen MR) is 132 cm³/mol. The number of benzene rings is 1. The molecule has 10 heteroatoms. The van der Waals surface area contributed by atoms with Crippen LogP contribution in [0.3, 0.4) is 0 Å². The first kappa shape index (κ1) is 24.1. The lowest BCUT2D eigenvalue weighted by atomic mass is 10.0. The molecule has 8 nitrogen and oxygen atoms in total. The van der Waals surface area contributed by atoms with Gasteiger partial charge in [0.05, 0.1) is 29.7 Å². The fourth-order valence-electron chi connectivity index (χ4n) is 4.36. The Kier molecular flexibility index (Phi) is 6.53. The molecule has 1 aromatic carbocycles. The molecular formula is C26H28F2N6O2. The number of aliphatic hydroxyl groups excluding tert-OH is 1. The zero-order chi connectivity index (χ0) is 25.4. The van der Waals surface area contributed by atoms with E-state index in [4.69, 9.17) is 14.7 Å². The molecule has 0 bridgehead atoms. The highest BCUT2D eigenvalue weighted by atomic mass is 19.1. The van der Waals surface area contributed by atoms with Crippen LogP contribution >= 0.6 is 0 Å². The van der Waals surface area contributed by atoms with E-state index in [9.17, 15) is 13.9 Å². The molecule has 4 heterocycles. The molecule has 0 radical (unpaired) electrons. The number of ether oxygens (including phenoxy) is 1. The van der Waals surface area contributed by atoms with Crippen LogP contribution in [0.5, 0.6) is 5.75 Å². The maximum atomic E-state index is 14.0. The number of fused-ring (bicyclic) bond motifs is 1. The Morgan fingerprint density at radius 1 is 1.06 bits per heavy atom. The molecule has 5 rings (SSSR count). The van der Waals surface area contributed by atoms with Crippen LogP contribution in [0.2, 0.25) is 0 Å². The highest BCUT2D eigenvalue weighted by Crippen LogP contribution is 2.33. The van der Waals surface area contributed by atoms with Crippen molar-refractivity contribution in [1.82, 2.24) is 24.7 Å². The Labute approximate surface area is 207 Å². The van der Waals surface area contributed by atoms with Crippen molar-refractivity contribution >= 4 is 16.9 Å². The van der Waals surface area contributed by atoms with Gasteiger partial charge in [0.2, 0.25) is 0 Å². The summed E-state index contributed by atoms with van der Waals surface area (Å²) in [5.41, 5.74) is 3.35. The minimum atomic E-state index is -0.703. The van der Waals surface area contributed by atoms with Crippen LogP contribution in [-0.2, 0) is 7.05 Å². The van der Waals surface area contributed by atoms with E-state index < -0.39 is 17.7 Å². The number of hydrogen-bond acceptors (Lipinski definition) is 7. The van der Waals surface area contributed by atoms with Crippen molar-refractivity contribution in [3.8, 4) is 17.0 Å². The number of anilines is 1. The first-order valence-electron chi connectivity index (χ1n) is 12.0. The molecule has 1 atom stereocenters. The maximum Gasteiger partial charge on any atom is 0.167 e. The van der Waals surface area contributed by atoms with Crippen molar-refractivity contribution in [2.75, 3.05) is 18.0 Å². The van der Waals surface area contributed by atoms with E-state index in [-0.39, 0.29) is 17.8 Å². The number of aliphatic hydroxyl groups is 1. The number of aryl methyl sites for hydroxylation is 1. The summed E-state index contributed by atoms with van der Waals surface area (Å²) in [4.78, 5) is 16.4. The van der Waals surface area contributed by atoms with Crippen molar-refractivity contribution in [3.05, 3.63) is 60.2 Å². The quantitative estimate of drug-likeness (QED) is 0.424. The molecule has 0 aliphatic carbocycles. The summed E-state index contributed by atoms with van der Waals surface area (Å²) in [5, 5.41) is 14.8. The van der Waals surface area contributed by atoms with Gasteiger partial charge in [0.1, 0.15) is 23.1 Å². The molecule has 188 valence electrons. The van der Waals surface area contributed by atoms with E-state index in [0.29, 0.717) is 54.2 Å². The molecule has 1 N–H and O–H groups in total. The van der Waals surface area contributed by atoms with Crippen LogP contribution < -0.4 is 9.64 Å². The Morgan fingerprint density at radius 2 is 1.83 bits per heavy atom. The Balaban J connectivity index is 1.43. The van der Waals surface area contributed by atoms with Gasteiger partial charge >= 0.3 is 0 Å². The Hall–Kier alpha value is -3.66. The van der Waals surface area contributed by atoms with E-state index in [1.165, 1.54) is 12.1 Å². The molecule has 1 unspecified atom stereocenters. The van der Waals surface area contributed by atoms with Crippen LogP contribution in [0.25, 0.3) is 22.3 Å². The summed E-state index contributed by atoms with van der Waals surface area (Å²) in [6.45, 7) is 5.12. The first-order chi connectivity index (χ1) is 17.3. The van der Waals surface area contributed by atoms with Crippen LogP contribution in [0.4, 0.5) is 14.6 Å². The van der Waals surface area contributed by atoms with Crippen molar-refractivity contribution in [2.45, 2.75) is 38.9 Å². The lowest BCUT2D eigenvalue weighted by Crippen LogP contribution is -2.39. The topological polar surface area (TPSA) is 89.2 Å². The lowest BCUT2D eigenvalue weighted by molar-refractivity contribution is 0.122. The molecule has 0 amide bonds. The summed E-state index contributed by atoms with van der Waals surface area (Å²) in [5.74, 6) is -0.548. The summed E-state index contributed by atoms with van der Waals surface area (Å²) in [7, 11) is 1.84. The Bertz CT molecular complexity index is 1380. The second-order valence-electron chi connectivity index (χ2n) is 9.46. The molecule has 0 saturated carbocycles. The maximum absolute atomic E-state index is 14.0. The number of halogens is 2. The van der Waals surface area contributed by atoms with E-state index in [0.717, 1.165) is 11.6 Å². The number of pyridine rings is 1. The highest BCUT2D eigenvalue weighted by Gasteiger charge is 2.26. The Morgan fingerprint density at radius 3 is 2.50 bits per heavy atom. The van der Waals surface area contributed by atoms with Gasteiger partial charge in [-0.15, -0.1) is 0 Å². The van der Waals surface area contributed by atoms with Gasteiger partial charge in [-0.2, -0.15) is 5.10 Å². The monoisotopic (exact) mass is 494 g/mol. The lowest BCUT2D eigenvalue weighted by Gasteiger charge is -2.33. The zero-order valence-electron chi connectivity index (χ0n) is 20.4. The second-order valence-corrected chi connectivity index (χ2v) is 9.46. The summed E-state index contributed by atoms with van der Waals surface area (Å²) >= 11 is 0. The number of rotatable bonds is 6. The van der Waals surface area contributed by atoms with Crippen molar-refractivity contribution in [2.24, 2.45) is 13.0 Å². The normalized spacial score (nSPS) is 15.6. The first-order valence-corrected chi connectivity index (χ1v) is 12.0. The summed E-state index contributed by atoms with van der Waals surface area (Å²) in [6, 6.07) is 5.13. The molecule has 1 saturated heterocycles. The van der Waals surface area contributed by atoms with Gasteiger partial charge in [-0.25, -0.2) is 18.7 Å². The number of aromatic nitrogens is 5. The summed E-state index contributed by atoms with van der Waals surface area (Å²) in [6.07, 6.45) is 5.67. The van der Waals surface area contributed by atoms with E-state index in [1.807, 2.05) is 27.1 Å². The third kappa shape index (κ3) is 4.86. The number of piperidine rings is 1. The number of nitrogens with zero attached hydrogens (tertiary/aromatic N) is 6. The average molecular weight is 495 g/mol. The standard InChI is InChI=1S/C26H28F2N6O2/c1-15(2)25(35)21-11-20-22(13-29-21)32-26(24(31-20)16-12-30-33(3)14-16)34-8-6-18(7-9-34)36-23-5-4-17(27)10-19(23)28/h4-5,10-15,18,25,35H,6-9H2,1-3H3. The molecule has 4 aromatic rings. The third-order valence-electron chi connectivity index (χ3n) is 6.40. The van der Waals surface area contributed by atoms with Gasteiger partial charge in [0, 0.05) is 50.8 Å². The average Bonchev–Trinajstić information content (AvgIpc) is 3.30. The molecular weight excluding hydrogens is 466 g/mol. The molecule has 1 aliphatic rings. The number of hydrogen-bond donors (Lipinski definition) is 1. The van der Waals surface area contributed by atoms with E-state index in [1.54, 1.807) is 23.1 Å². The van der Waals surface area contributed by atoms with Gasteiger partial charge < -0.3 is 14.7 Å².